The quantitative estimate of drug-likeness (QED) is 0.507. The molecule has 0 aromatic carbocycles. The lowest BCUT2D eigenvalue weighted by Gasteiger charge is -2.05. The van der Waals surface area contributed by atoms with Gasteiger partial charge in [0, 0.05) is 11.4 Å². The van der Waals surface area contributed by atoms with Gasteiger partial charge >= 0.3 is 6.03 Å². The molecule has 0 saturated carbocycles. The fourth-order valence-corrected chi connectivity index (χ4v) is 0.718. The Labute approximate surface area is 78.9 Å². The maximum atomic E-state index is 10.9. The smallest absolute Gasteiger partial charge is 0.315 e. The highest BCUT2D eigenvalue weighted by molar-refractivity contribution is 7.80. The molecule has 0 aliphatic heterocycles. The van der Waals surface area contributed by atoms with E-state index in [0.717, 1.165) is 24.3 Å². The first-order valence-corrected chi connectivity index (χ1v) is 4.58. The molecule has 2 N–H and O–H groups in total. The van der Waals surface area contributed by atoms with E-state index in [4.69, 9.17) is 12.2 Å². The minimum atomic E-state index is -0.132. The van der Waals surface area contributed by atoms with Crippen molar-refractivity contribution in [2.24, 2.45) is 0 Å². The molecule has 12 heavy (non-hydrogen) atoms. The Balaban J connectivity index is 3.28. The topological polar surface area (TPSA) is 41.1 Å². The Morgan fingerprint density at radius 3 is 2.58 bits per heavy atom. The summed E-state index contributed by atoms with van der Waals surface area (Å²) in [5.74, 6) is 0. The monoisotopic (exact) mass is 188 g/mol. The lowest BCUT2D eigenvalue weighted by molar-refractivity contribution is 0.242. The van der Waals surface area contributed by atoms with Gasteiger partial charge in [0.1, 0.15) is 0 Å². The van der Waals surface area contributed by atoms with Crippen LogP contribution in [0.25, 0.3) is 0 Å². The highest BCUT2D eigenvalue weighted by Gasteiger charge is 1.97. The van der Waals surface area contributed by atoms with Gasteiger partial charge in [-0.05, 0) is 13.3 Å². The van der Waals surface area contributed by atoms with E-state index < -0.39 is 0 Å². The highest BCUT2D eigenvalue weighted by Crippen LogP contribution is 1.81. The van der Waals surface area contributed by atoms with Crippen molar-refractivity contribution in [2.45, 2.75) is 26.7 Å². The number of hydrogen-bond acceptors (Lipinski definition) is 2. The third kappa shape index (κ3) is 7.47. The van der Waals surface area contributed by atoms with E-state index >= 15 is 0 Å². The number of unbranched alkanes of at least 4 members (excludes halogenated alkanes) is 1. The van der Waals surface area contributed by atoms with Crippen molar-refractivity contribution in [2.75, 3.05) is 13.1 Å². The number of carbonyl (C=O) groups is 1. The summed E-state index contributed by atoms with van der Waals surface area (Å²) in [6.07, 6.45) is 2.11. The molecule has 0 aromatic rings. The number of amides is 2. The Kier molecular flexibility index (Phi) is 6.66. The molecule has 0 saturated heterocycles. The van der Waals surface area contributed by atoms with Gasteiger partial charge < -0.3 is 10.6 Å². The molecule has 0 fully saturated rings. The van der Waals surface area contributed by atoms with Gasteiger partial charge in [-0.1, -0.05) is 25.6 Å². The van der Waals surface area contributed by atoms with Gasteiger partial charge in [0.15, 0.2) is 0 Å². The molecule has 0 radical (unpaired) electrons. The Bertz CT molecular complexity index is 159. The molecular weight excluding hydrogens is 172 g/mol. The number of hydrogen-bond donors (Lipinski definition) is 2. The van der Waals surface area contributed by atoms with Gasteiger partial charge in [0.05, 0.1) is 6.54 Å². The van der Waals surface area contributed by atoms with Gasteiger partial charge in [0.2, 0.25) is 0 Å². The first-order valence-electron chi connectivity index (χ1n) is 4.18. The third-order valence-corrected chi connectivity index (χ3v) is 1.46. The largest absolute Gasteiger partial charge is 0.338 e. The van der Waals surface area contributed by atoms with E-state index in [-0.39, 0.29) is 6.03 Å². The Morgan fingerprint density at radius 2 is 2.08 bits per heavy atom. The molecule has 0 aliphatic carbocycles. The molecule has 70 valence electrons. The van der Waals surface area contributed by atoms with Crippen molar-refractivity contribution >= 4 is 23.1 Å². The summed E-state index contributed by atoms with van der Waals surface area (Å²) in [5, 5.41) is 5.38. The lowest BCUT2D eigenvalue weighted by atomic mass is 10.3. The molecule has 3 nitrogen and oxygen atoms in total. The number of rotatable bonds is 5. The Morgan fingerprint density at radius 1 is 1.42 bits per heavy atom. The van der Waals surface area contributed by atoms with Crippen molar-refractivity contribution in [3.05, 3.63) is 0 Å². The first kappa shape index (κ1) is 11.4. The lowest BCUT2D eigenvalue weighted by Crippen LogP contribution is -2.38. The predicted molar refractivity (Wildman–Crippen MR) is 54.6 cm³/mol. The fourth-order valence-electron chi connectivity index (χ4n) is 0.646. The predicted octanol–water partition coefficient (Wildman–Crippen LogP) is 1.48. The molecule has 2 amide bonds. The second kappa shape index (κ2) is 7.03. The van der Waals surface area contributed by atoms with Crippen LogP contribution in [-0.4, -0.2) is 24.0 Å². The number of thiocarbonyl (C=S) groups is 1. The standard InChI is InChI=1S/C8H16N2OS/c1-3-4-5-9-8(11)10-6-7(2)12/h3-6H2,1-2H3,(H2,9,10,11). The average Bonchev–Trinajstić information content (AvgIpc) is 2.01. The molecule has 0 bridgehead atoms. The van der Waals surface area contributed by atoms with Crippen molar-refractivity contribution in [1.29, 1.82) is 0 Å². The van der Waals surface area contributed by atoms with Crippen molar-refractivity contribution < 1.29 is 4.79 Å². The minimum absolute atomic E-state index is 0.132. The average molecular weight is 188 g/mol. The van der Waals surface area contributed by atoms with E-state index in [0.29, 0.717) is 6.54 Å². The van der Waals surface area contributed by atoms with Crippen LogP contribution in [0, 0.1) is 0 Å². The highest BCUT2D eigenvalue weighted by atomic mass is 32.1. The summed E-state index contributed by atoms with van der Waals surface area (Å²) in [7, 11) is 0. The molecule has 0 atom stereocenters. The molecule has 0 heterocycles. The number of nitrogens with one attached hydrogen (secondary N) is 2. The zero-order valence-electron chi connectivity index (χ0n) is 7.64. The van der Waals surface area contributed by atoms with Gasteiger partial charge in [0.25, 0.3) is 0 Å². The molecule has 0 aliphatic rings. The van der Waals surface area contributed by atoms with Gasteiger partial charge in [-0.3, -0.25) is 0 Å². The van der Waals surface area contributed by atoms with Gasteiger partial charge in [-0.15, -0.1) is 0 Å². The summed E-state index contributed by atoms with van der Waals surface area (Å²) < 4.78 is 0. The van der Waals surface area contributed by atoms with Crippen molar-refractivity contribution in [3.8, 4) is 0 Å². The van der Waals surface area contributed by atoms with Crippen LogP contribution in [0.5, 0.6) is 0 Å². The summed E-state index contributed by atoms with van der Waals surface area (Å²) >= 11 is 4.81. The van der Waals surface area contributed by atoms with E-state index in [1.165, 1.54) is 0 Å². The zero-order valence-corrected chi connectivity index (χ0v) is 8.46. The van der Waals surface area contributed by atoms with Crippen LogP contribution in [0.2, 0.25) is 0 Å². The van der Waals surface area contributed by atoms with E-state index in [2.05, 4.69) is 17.6 Å². The van der Waals surface area contributed by atoms with Crippen molar-refractivity contribution in [1.82, 2.24) is 10.6 Å². The van der Waals surface area contributed by atoms with E-state index in [9.17, 15) is 4.79 Å². The molecule has 0 spiro atoms. The summed E-state index contributed by atoms with van der Waals surface area (Å²) in [5.41, 5.74) is 0. The molecule has 0 unspecified atom stereocenters. The van der Waals surface area contributed by atoms with Crippen LogP contribution in [0.1, 0.15) is 26.7 Å². The first-order chi connectivity index (χ1) is 5.66. The summed E-state index contributed by atoms with van der Waals surface area (Å²) in [6.45, 7) is 5.11. The maximum absolute atomic E-state index is 10.9. The van der Waals surface area contributed by atoms with Gasteiger partial charge in [-0.2, -0.15) is 0 Å². The summed E-state index contributed by atoms with van der Waals surface area (Å²) in [6, 6.07) is -0.132. The van der Waals surface area contributed by atoms with E-state index in [1.54, 1.807) is 0 Å². The molecule has 4 heteroatoms. The third-order valence-electron chi connectivity index (χ3n) is 1.31. The second-order valence-electron chi connectivity index (χ2n) is 2.67. The van der Waals surface area contributed by atoms with Crippen LogP contribution in [0.3, 0.4) is 0 Å². The SMILES string of the molecule is CCCCNC(=O)NCC(C)=S. The van der Waals surface area contributed by atoms with Gasteiger partial charge in [-0.25, -0.2) is 4.79 Å². The zero-order chi connectivity index (χ0) is 9.40. The normalized spacial score (nSPS) is 9.17. The van der Waals surface area contributed by atoms with Crippen LogP contribution in [-0.2, 0) is 0 Å². The fraction of sp³-hybridized carbons (Fsp3) is 0.750. The molecular formula is C8H16N2OS. The van der Waals surface area contributed by atoms with Crippen LogP contribution in [0.4, 0.5) is 4.79 Å². The summed E-state index contributed by atoms with van der Waals surface area (Å²) in [4.78, 5) is 11.7. The number of urea groups is 1. The molecule has 0 aromatic heterocycles. The van der Waals surface area contributed by atoms with E-state index in [1.807, 2.05) is 6.92 Å². The second-order valence-corrected chi connectivity index (χ2v) is 3.36. The minimum Gasteiger partial charge on any atom is -0.338 e. The van der Waals surface area contributed by atoms with Crippen molar-refractivity contribution in [3.63, 3.8) is 0 Å². The number of carbonyl (C=O) groups excluding carboxylic acids is 1. The molecule has 0 rings (SSSR count). The van der Waals surface area contributed by atoms with Crippen LogP contribution >= 0.6 is 12.2 Å². The Hall–Kier alpha value is -0.640. The maximum Gasteiger partial charge on any atom is 0.315 e. The van der Waals surface area contributed by atoms with Crippen LogP contribution in [0.15, 0.2) is 0 Å². The van der Waals surface area contributed by atoms with Crippen LogP contribution < -0.4 is 10.6 Å².